The summed E-state index contributed by atoms with van der Waals surface area (Å²) in [6.45, 7) is 5.53. The summed E-state index contributed by atoms with van der Waals surface area (Å²) >= 11 is 0. The van der Waals surface area contributed by atoms with E-state index in [1.807, 2.05) is 37.3 Å². The molecule has 2 aromatic carbocycles. The Balaban J connectivity index is 1.42. The minimum Gasteiger partial charge on any atom is -0.497 e. The lowest BCUT2D eigenvalue weighted by Crippen LogP contribution is -2.45. The smallest absolute Gasteiger partial charge is 0.313 e. The van der Waals surface area contributed by atoms with Gasteiger partial charge in [0.15, 0.2) is 0 Å². The summed E-state index contributed by atoms with van der Waals surface area (Å²) in [7, 11) is 1.62. The van der Waals surface area contributed by atoms with Crippen LogP contribution in [0.4, 0.5) is 11.4 Å². The number of amides is 3. The Morgan fingerprint density at radius 1 is 1.09 bits per heavy atom. The summed E-state index contributed by atoms with van der Waals surface area (Å²) in [5.41, 5.74) is 3.17. The molecule has 2 heterocycles. The number of hydrogen-bond acceptors (Lipinski definition) is 6. The molecule has 35 heavy (non-hydrogen) atoms. The largest absolute Gasteiger partial charge is 0.497 e. The van der Waals surface area contributed by atoms with E-state index in [4.69, 9.17) is 9.47 Å². The van der Waals surface area contributed by atoms with Gasteiger partial charge in [-0.05, 0) is 48.7 Å². The number of ether oxygens (including phenoxy) is 2. The summed E-state index contributed by atoms with van der Waals surface area (Å²) in [5, 5.41) is 5.45. The molecule has 0 aromatic heterocycles. The highest BCUT2D eigenvalue weighted by Crippen LogP contribution is 2.28. The highest BCUT2D eigenvalue weighted by Gasteiger charge is 2.26. The number of nitrogens with one attached hydrogen (secondary N) is 2. The number of benzene rings is 2. The summed E-state index contributed by atoms with van der Waals surface area (Å²) in [4.78, 5) is 41.5. The van der Waals surface area contributed by atoms with Crippen molar-refractivity contribution < 1.29 is 23.9 Å². The van der Waals surface area contributed by atoms with E-state index in [-0.39, 0.29) is 18.5 Å². The lowest BCUT2D eigenvalue weighted by molar-refractivity contribution is -0.136. The van der Waals surface area contributed by atoms with Crippen LogP contribution in [0.15, 0.2) is 42.5 Å². The third-order valence-electron chi connectivity index (χ3n) is 6.46. The van der Waals surface area contributed by atoms with Crippen LogP contribution in [-0.4, -0.2) is 69.1 Å². The van der Waals surface area contributed by atoms with E-state index >= 15 is 0 Å². The molecule has 0 radical (unpaired) electrons. The first-order valence-electron chi connectivity index (χ1n) is 11.9. The van der Waals surface area contributed by atoms with Crippen LogP contribution < -0.4 is 20.3 Å². The zero-order chi connectivity index (χ0) is 24.8. The summed E-state index contributed by atoms with van der Waals surface area (Å²) in [6, 6.07) is 12.9. The maximum Gasteiger partial charge on any atom is 0.313 e. The quantitative estimate of drug-likeness (QED) is 0.590. The summed E-state index contributed by atoms with van der Waals surface area (Å²) in [6.07, 6.45) is 1.34. The van der Waals surface area contributed by atoms with Crippen LogP contribution in [0.3, 0.4) is 0 Å². The second-order valence-corrected chi connectivity index (χ2v) is 8.76. The van der Waals surface area contributed by atoms with Crippen LogP contribution >= 0.6 is 0 Å². The third kappa shape index (κ3) is 5.98. The van der Waals surface area contributed by atoms with Gasteiger partial charge in [-0.3, -0.25) is 19.3 Å². The molecule has 0 aliphatic carbocycles. The fourth-order valence-corrected chi connectivity index (χ4v) is 4.53. The molecule has 2 N–H and O–H groups in total. The SMILES string of the molecule is COc1cccc(C(CNC(=O)C(=O)Nc2ccc(C)c(N3CCCC3=O)c2)N2CCOCC2)c1. The molecule has 1 atom stereocenters. The highest BCUT2D eigenvalue weighted by atomic mass is 16.5. The van der Waals surface area contributed by atoms with Crippen LogP contribution in [0.1, 0.15) is 30.0 Å². The maximum atomic E-state index is 12.7. The van der Waals surface area contributed by atoms with Crippen LogP contribution in [0.2, 0.25) is 0 Å². The van der Waals surface area contributed by atoms with Crippen molar-refractivity contribution in [3.63, 3.8) is 0 Å². The summed E-state index contributed by atoms with van der Waals surface area (Å²) in [5.74, 6) is -0.665. The molecule has 0 bridgehead atoms. The zero-order valence-electron chi connectivity index (χ0n) is 20.2. The first kappa shape index (κ1) is 24.7. The number of hydrogen-bond donors (Lipinski definition) is 2. The average Bonchev–Trinajstić information content (AvgIpc) is 3.31. The number of carbonyl (C=O) groups excluding carboxylic acids is 3. The molecular formula is C26H32N4O5. The maximum absolute atomic E-state index is 12.7. The van der Waals surface area contributed by atoms with E-state index in [2.05, 4.69) is 15.5 Å². The molecule has 9 nitrogen and oxygen atoms in total. The van der Waals surface area contributed by atoms with E-state index in [1.54, 1.807) is 24.1 Å². The number of carbonyl (C=O) groups is 3. The van der Waals surface area contributed by atoms with Crippen molar-refractivity contribution in [2.45, 2.75) is 25.8 Å². The molecule has 2 fully saturated rings. The van der Waals surface area contributed by atoms with Gasteiger partial charge in [-0.2, -0.15) is 0 Å². The molecule has 2 aromatic rings. The monoisotopic (exact) mass is 480 g/mol. The predicted molar refractivity (Wildman–Crippen MR) is 133 cm³/mol. The first-order chi connectivity index (χ1) is 17.0. The standard InChI is InChI=1S/C26H32N4O5/c1-18-8-9-20(16-22(18)30-10-4-7-24(30)31)28-26(33)25(32)27-17-23(29-11-13-35-14-12-29)19-5-3-6-21(15-19)34-2/h3,5-6,8-9,15-16,23H,4,7,10-14,17H2,1-2H3,(H,27,32)(H,28,33). The molecule has 4 rings (SSSR count). The lowest BCUT2D eigenvalue weighted by atomic mass is 10.0. The number of nitrogens with zero attached hydrogens (tertiary/aromatic N) is 2. The van der Waals surface area contributed by atoms with Gasteiger partial charge in [0.05, 0.1) is 26.4 Å². The lowest BCUT2D eigenvalue weighted by Gasteiger charge is -2.35. The normalized spacial score (nSPS) is 17.2. The second-order valence-electron chi connectivity index (χ2n) is 8.76. The number of rotatable bonds is 7. The van der Waals surface area contributed by atoms with Gasteiger partial charge < -0.3 is 25.0 Å². The number of anilines is 2. The molecule has 0 saturated carbocycles. The average molecular weight is 481 g/mol. The Hall–Kier alpha value is -3.43. The predicted octanol–water partition coefficient (Wildman–Crippen LogP) is 2.26. The second kappa shape index (κ2) is 11.3. The first-order valence-corrected chi connectivity index (χ1v) is 11.9. The van der Waals surface area contributed by atoms with Crippen LogP contribution in [-0.2, 0) is 19.1 Å². The number of morpholine rings is 1. The van der Waals surface area contributed by atoms with Crippen molar-refractivity contribution in [2.75, 3.05) is 56.7 Å². The van der Waals surface area contributed by atoms with E-state index in [0.717, 1.165) is 42.1 Å². The van der Waals surface area contributed by atoms with Crippen LogP contribution in [0.5, 0.6) is 5.75 Å². The topological polar surface area (TPSA) is 100 Å². The summed E-state index contributed by atoms with van der Waals surface area (Å²) < 4.78 is 10.8. The van der Waals surface area contributed by atoms with Crippen molar-refractivity contribution in [1.29, 1.82) is 0 Å². The van der Waals surface area contributed by atoms with Crippen molar-refractivity contribution >= 4 is 29.1 Å². The Morgan fingerprint density at radius 3 is 2.60 bits per heavy atom. The zero-order valence-corrected chi connectivity index (χ0v) is 20.2. The van der Waals surface area contributed by atoms with Gasteiger partial charge in [-0.25, -0.2) is 0 Å². The molecule has 1 unspecified atom stereocenters. The van der Waals surface area contributed by atoms with Crippen LogP contribution in [0, 0.1) is 6.92 Å². The molecular weight excluding hydrogens is 448 g/mol. The van der Waals surface area contributed by atoms with E-state index < -0.39 is 11.8 Å². The van der Waals surface area contributed by atoms with Crippen molar-refractivity contribution in [3.05, 3.63) is 53.6 Å². The molecule has 9 heteroatoms. The number of methoxy groups -OCH3 is 1. The van der Waals surface area contributed by atoms with Gasteiger partial charge in [0.25, 0.3) is 0 Å². The molecule has 3 amide bonds. The molecule has 2 saturated heterocycles. The molecule has 186 valence electrons. The van der Waals surface area contributed by atoms with Gasteiger partial charge in [0.1, 0.15) is 5.75 Å². The Morgan fingerprint density at radius 2 is 1.89 bits per heavy atom. The minimum absolute atomic E-state index is 0.0704. The Kier molecular flexibility index (Phi) is 7.99. The number of aryl methyl sites for hydroxylation is 1. The van der Waals surface area contributed by atoms with Gasteiger partial charge in [-0.1, -0.05) is 18.2 Å². The third-order valence-corrected chi connectivity index (χ3v) is 6.46. The fraction of sp³-hybridized carbons (Fsp3) is 0.423. The van der Waals surface area contributed by atoms with E-state index in [9.17, 15) is 14.4 Å². The van der Waals surface area contributed by atoms with Gasteiger partial charge >= 0.3 is 11.8 Å². The Bertz CT molecular complexity index is 1080. The van der Waals surface area contributed by atoms with E-state index in [0.29, 0.717) is 31.9 Å². The van der Waals surface area contributed by atoms with Crippen molar-refractivity contribution in [1.82, 2.24) is 10.2 Å². The molecule has 2 aliphatic heterocycles. The fourth-order valence-electron chi connectivity index (χ4n) is 4.53. The van der Waals surface area contributed by atoms with Crippen LogP contribution in [0.25, 0.3) is 0 Å². The van der Waals surface area contributed by atoms with Gasteiger partial charge in [-0.15, -0.1) is 0 Å². The van der Waals surface area contributed by atoms with E-state index in [1.165, 1.54) is 0 Å². The molecule has 0 spiro atoms. The van der Waals surface area contributed by atoms with Crippen molar-refractivity contribution in [3.8, 4) is 5.75 Å². The minimum atomic E-state index is -0.751. The van der Waals surface area contributed by atoms with Crippen molar-refractivity contribution in [2.24, 2.45) is 0 Å². The molecule has 2 aliphatic rings. The van der Waals surface area contributed by atoms with Gasteiger partial charge in [0.2, 0.25) is 5.91 Å². The highest BCUT2D eigenvalue weighted by molar-refractivity contribution is 6.39. The Labute approximate surface area is 205 Å². The van der Waals surface area contributed by atoms with Gasteiger partial charge in [0, 0.05) is 44.0 Å².